The number of hydrogen-bond acceptors (Lipinski definition) is 5. The molecule has 2 N–H and O–H groups in total. The predicted octanol–water partition coefficient (Wildman–Crippen LogP) is 4.58. The van der Waals surface area contributed by atoms with Gasteiger partial charge in [0.15, 0.2) is 0 Å². The van der Waals surface area contributed by atoms with Crippen molar-refractivity contribution in [3.05, 3.63) is 53.0 Å². The average Bonchev–Trinajstić information content (AvgIpc) is 2.79. The van der Waals surface area contributed by atoms with E-state index in [4.69, 9.17) is 27.6 Å². The molecule has 2 heterocycles. The van der Waals surface area contributed by atoms with Gasteiger partial charge in [-0.1, -0.05) is 25.1 Å². The average molecular weight is 460 g/mol. The number of benzene rings is 1. The van der Waals surface area contributed by atoms with Crippen LogP contribution < -0.4 is 15.4 Å². The summed E-state index contributed by atoms with van der Waals surface area (Å²) in [7, 11) is 0. The first-order valence-electron chi connectivity index (χ1n) is 9.74. The molecule has 1 aromatic carbocycles. The highest BCUT2D eigenvalue weighted by molar-refractivity contribution is 6.31. The van der Waals surface area contributed by atoms with Crippen LogP contribution >= 0.6 is 11.6 Å². The Hall–Kier alpha value is -3.35. The van der Waals surface area contributed by atoms with Gasteiger partial charge >= 0.3 is 6.03 Å². The Morgan fingerprint density at radius 2 is 2.00 bits per heavy atom. The SMILES string of the molecule is C.[C-]#[N+]c1ccc(NC(=O)Nc2cc(Cl)ccc2OCCCC(=O)N2CCOCC2)nc1. The summed E-state index contributed by atoms with van der Waals surface area (Å²) in [6.45, 7) is 9.63. The first-order valence-corrected chi connectivity index (χ1v) is 10.1. The molecule has 1 aliphatic rings. The number of nitrogens with one attached hydrogen (secondary N) is 2. The fourth-order valence-electron chi connectivity index (χ4n) is 2.90. The van der Waals surface area contributed by atoms with Gasteiger partial charge in [0.2, 0.25) is 11.6 Å². The van der Waals surface area contributed by atoms with Crippen molar-refractivity contribution in [3.8, 4) is 5.75 Å². The summed E-state index contributed by atoms with van der Waals surface area (Å²) in [4.78, 5) is 33.5. The van der Waals surface area contributed by atoms with Gasteiger partial charge in [-0.05, 0) is 30.7 Å². The highest BCUT2D eigenvalue weighted by Gasteiger charge is 2.16. The highest BCUT2D eigenvalue weighted by Crippen LogP contribution is 2.28. The molecule has 0 spiro atoms. The second-order valence-electron chi connectivity index (χ2n) is 6.68. The largest absolute Gasteiger partial charge is 0.491 e. The van der Waals surface area contributed by atoms with E-state index < -0.39 is 6.03 Å². The number of aromatic nitrogens is 1. The lowest BCUT2D eigenvalue weighted by atomic mass is 10.2. The standard InChI is InChI=1S/C21H22ClN5O4.CH4/c1-23-16-5-7-19(24-14-16)26-21(29)25-17-13-15(22)4-6-18(17)31-10-2-3-20(28)27-8-11-30-12-9-27;/h4-7,13-14H,2-3,8-12H2,(H2,24,25,26,29);1H4. The summed E-state index contributed by atoms with van der Waals surface area (Å²) in [5, 5.41) is 5.70. The zero-order chi connectivity index (χ0) is 22.1. The van der Waals surface area contributed by atoms with Gasteiger partial charge < -0.3 is 19.7 Å². The number of morpholine rings is 1. The molecule has 0 atom stereocenters. The molecule has 0 radical (unpaired) electrons. The van der Waals surface area contributed by atoms with Gasteiger partial charge in [0.05, 0.1) is 32.1 Å². The summed E-state index contributed by atoms with van der Waals surface area (Å²) in [5.74, 6) is 0.822. The Labute approximate surface area is 192 Å². The quantitative estimate of drug-likeness (QED) is 0.466. The lowest BCUT2D eigenvalue weighted by molar-refractivity contribution is -0.135. The molecular formula is C22H26ClN5O4. The minimum absolute atomic E-state index is 0. The van der Waals surface area contributed by atoms with Gasteiger partial charge in [0.1, 0.15) is 11.6 Å². The molecule has 170 valence electrons. The van der Waals surface area contributed by atoms with Gasteiger partial charge in [0.25, 0.3) is 0 Å². The minimum atomic E-state index is -0.530. The van der Waals surface area contributed by atoms with Crippen LogP contribution in [0, 0.1) is 6.57 Å². The summed E-state index contributed by atoms with van der Waals surface area (Å²) < 4.78 is 11.0. The van der Waals surface area contributed by atoms with Crippen LogP contribution in [0.25, 0.3) is 4.85 Å². The van der Waals surface area contributed by atoms with Gasteiger partial charge in [-0.25, -0.2) is 9.64 Å². The van der Waals surface area contributed by atoms with Crippen LogP contribution in [-0.2, 0) is 9.53 Å². The summed E-state index contributed by atoms with van der Waals surface area (Å²) in [6, 6.07) is 7.45. The van der Waals surface area contributed by atoms with Gasteiger partial charge in [-0.15, -0.1) is 0 Å². The molecule has 0 bridgehead atoms. The predicted molar refractivity (Wildman–Crippen MR) is 123 cm³/mol. The van der Waals surface area contributed by atoms with E-state index >= 15 is 0 Å². The maximum absolute atomic E-state index is 12.3. The Kier molecular flexibility index (Phi) is 9.73. The zero-order valence-corrected chi connectivity index (χ0v) is 17.5. The molecule has 32 heavy (non-hydrogen) atoms. The van der Waals surface area contributed by atoms with Crippen molar-refractivity contribution in [1.82, 2.24) is 9.88 Å². The van der Waals surface area contributed by atoms with Gasteiger partial charge in [-0.3, -0.25) is 15.1 Å². The van der Waals surface area contributed by atoms with Crippen LogP contribution in [0.4, 0.5) is 22.0 Å². The van der Waals surface area contributed by atoms with E-state index in [1.54, 1.807) is 29.2 Å². The van der Waals surface area contributed by atoms with E-state index in [-0.39, 0.29) is 13.3 Å². The number of urea groups is 1. The lowest BCUT2D eigenvalue weighted by Gasteiger charge is -2.26. The molecule has 0 unspecified atom stereocenters. The van der Waals surface area contributed by atoms with E-state index in [2.05, 4.69) is 20.5 Å². The topological polar surface area (TPSA) is 97.1 Å². The molecule has 1 aliphatic heterocycles. The Balaban J connectivity index is 0.00000363. The smallest absolute Gasteiger partial charge is 0.324 e. The molecule has 2 aromatic rings. The molecule has 9 nitrogen and oxygen atoms in total. The molecule has 3 rings (SSSR count). The van der Waals surface area contributed by atoms with Crippen LogP contribution in [0.5, 0.6) is 5.75 Å². The molecule has 10 heteroatoms. The van der Waals surface area contributed by atoms with E-state index in [0.29, 0.717) is 73.7 Å². The molecule has 0 saturated carbocycles. The van der Waals surface area contributed by atoms with Gasteiger partial charge in [-0.2, -0.15) is 0 Å². The van der Waals surface area contributed by atoms with Crippen LogP contribution in [0.15, 0.2) is 36.5 Å². The molecule has 0 aliphatic carbocycles. The number of halogens is 1. The fraction of sp³-hybridized carbons (Fsp3) is 0.364. The fourth-order valence-corrected chi connectivity index (χ4v) is 3.07. The second-order valence-corrected chi connectivity index (χ2v) is 7.11. The van der Waals surface area contributed by atoms with Gasteiger partial charge in [0, 0.05) is 30.7 Å². The number of pyridine rings is 1. The number of carbonyl (C=O) groups excluding carboxylic acids is 2. The number of amides is 3. The van der Waals surface area contributed by atoms with E-state index in [1.165, 1.54) is 12.3 Å². The number of carbonyl (C=O) groups is 2. The summed E-state index contributed by atoms with van der Waals surface area (Å²) in [5.41, 5.74) is 0.769. The third-order valence-electron chi connectivity index (χ3n) is 4.46. The van der Waals surface area contributed by atoms with Crippen LogP contribution in [0.1, 0.15) is 20.3 Å². The van der Waals surface area contributed by atoms with Crippen LogP contribution in [-0.4, -0.2) is 54.7 Å². The van der Waals surface area contributed by atoms with Crippen molar-refractivity contribution < 1.29 is 19.1 Å². The maximum atomic E-state index is 12.3. The number of ether oxygens (including phenoxy) is 2. The third kappa shape index (κ3) is 7.41. The Bertz CT molecular complexity index is 956. The van der Waals surface area contributed by atoms with E-state index in [1.807, 2.05) is 0 Å². The van der Waals surface area contributed by atoms with Crippen LogP contribution in [0.3, 0.4) is 0 Å². The van der Waals surface area contributed by atoms with Crippen molar-refractivity contribution in [2.45, 2.75) is 20.3 Å². The molecule has 3 amide bonds. The Morgan fingerprint density at radius 1 is 1.22 bits per heavy atom. The molecule has 1 aromatic heterocycles. The summed E-state index contributed by atoms with van der Waals surface area (Å²) >= 11 is 6.05. The number of nitrogens with zero attached hydrogens (tertiary/aromatic N) is 3. The number of anilines is 2. The van der Waals surface area contributed by atoms with Crippen molar-refractivity contribution >= 4 is 40.7 Å². The van der Waals surface area contributed by atoms with Crippen molar-refractivity contribution in [3.63, 3.8) is 0 Å². The zero-order valence-electron chi connectivity index (χ0n) is 16.8. The first-order chi connectivity index (χ1) is 15.0. The van der Waals surface area contributed by atoms with Crippen molar-refractivity contribution in [1.29, 1.82) is 0 Å². The molecular weight excluding hydrogens is 434 g/mol. The van der Waals surface area contributed by atoms with Crippen molar-refractivity contribution in [2.24, 2.45) is 0 Å². The van der Waals surface area contributed by atoms with Crippen molar-refractivity contribution in [2.75, 3.05) is 43.5 Å². The molecule has 1 saturated heterocycles. The third-order valence-corrected chi connectivity index (χ3v) is 4.70. The number of hydrogen-bond donors (Lipinski definition) is 2. The second kappa shape index (κ2) is 12.5. The summed E-state index contributed by atoms with van der Waals surface area (Å²) in [6.07, 6.45) is 2.29. The molecule has 1 fully saturated rings. The van der Waals surface area contributed by atoms with E-state index in [0.717, 1.165) is 0 Å². The highest BCUT2D eigenvalue weighted by atomic mass is 35.5. The lowest BCUT2D eigenvalue weighted by Crippen LogP contribution is -2.40. The monoisotopic (exact) mass is 459 g/mol. The van der Waals surface area contributed by atoms with Crippen LogP contribution in [0.2, 0.25) is 5.02 Å². The minimum Gasteiger partial charge on any atom is -0.491 e. The number of rotatable bonds is 7. The first kappa shape index (κ1) is 24.9. The Morgan fingerprint density at radius 3 is 2.69 bits per heavy atom. The van der Waals surface area contributed by atoms with E-state index in [9.17, 15) is 9.59 Å². The maximum Gasteiger partial charge on any atom is 0.324 e. The normalized spacial score (nSPS) is 12.8.